The van der Waals surface area contributed by atoms with Crippen molar-refractivity contribution in [2.75, 3.05) is 40.4 Å². The van der Waals surface area contributed by atoms with E-state index in [-0.39, 0.29) is 5.91 Å². The number of carbonyl (C=O) groups is 1. The maximum atomic E-state index is 12.7. The zero-order valence-corrected chi connectivity index (χ0v) is 19.2. The van der Waals surface area contributed by atoms with E-state index in [0.717, 1.165) is 24.2 Å². The van der Waals surface area contributed by atoms with Crippen LogP contribution in [0.5, 0.6) is 11.5 Å². The maximum absolute atomic E-state index is 12.7. The number of hydrogen-bond donors (Lipinski definition) is 0. The molecule has 0 atom stereocenters. The molecule has 1 aliphatic heterocycles. The average molecular weight is 449 g/mol. The van der Waals surface area contributed by atoms with Gasteiger partial charge in [0.25, 0.3) is 0 Å². The molecule has 1 aliphatic rings. The SMILES string of the molecule is COc1ccc(OC)c(/C=C/C(=O)N2CCN(Cc3nc(-c4ccc(C)cc4)no3)CC2)c1. The third-order valence-corrected chi connectivity index (χ3v) is 5.66. The molecular formula is C25H28N4O4. The molecule has 1 amide bonds. The van der Waals surface area contributed by atoms with E-state index in [1.54, 1.807) is 26.4 Å². The van der Waals surface area contributed by atoms with E-state index in [4.69, 9.17) is 14.0 Å². The molecule has 1 saturated heterocycles. The van der Waals surface area contributed by atoms with E-state index in [0.29, 0.717) is 42.8 Å². The lowest BCUT2D eigenvalue weighted by Crippen LogP contribution is -2.47. The van der Waals surface area contributed by atoms with E-state index in [1.165, 1.54) is 5.56 Å². The summed E-state index contributed by atoms with van der Waals surface area (Å²) in [4.78, 5) is 21.3. The van der Waals surface area contributed by atoms with Gasteiger partial charge in [-0.25, -0.2) is 0 Å². The Bertz CT molecular complexity index is 1120. The van der Waals surface area contributed by atoms with Gasteiger partial charge in [-0.3, -0.25) is 9.69 Å². The highest BCUT2D eigenvalue weighted by atomic mass is 16.5. The number of aromatic nitrogens is 2. The molecule has 8 nitrogen and oxygen atoms in total. The molecule has 0 aliphatic carbocycles. The van der Waals surface area contributed by atoms with Crippen molar-refractivity contribution >= 4 is 12.0 Å². The Balaban J connectivity index is 1.30. The van der Waals surface area contributed by atoms with Crippen molar-refractivity contribution in [3.63, 3.8) is 0 Å². The Hall–Kier alpha value is -3.65. The van der Waals surface area contributed by atoms with Gasteiger partial charge in [-0.2, -0.15) is 4.98 Å². The van der Waals surface area contributed by atoms with Crippen LogP contribution in [0.25, 0.3) is 17.5 Å². The van der Waals surface area contributed by atoms with Crippen molar-refractivity contribution in [3.8, 4) is 22.9 Å². The van der Waals surface area contributed by atoms with Gasteiger partial charge in [0.15, 0.2) is 0 Å². The quantitative estimate of drug-likeness (QED) is 0.512. The maximum Gasteiger partial charge on any atom is 0.246 e. The largest absolute Gasteiger partial charge is 0.497 e. The highest BCUT2D eigenvalue weighted by Gasteiger charge is 2.21. The van der Waals surface area contributed by atoms with Crippen molar-refractivity contribution in [1.82, 2.24) is 19.9 Å². The summed E-state index contributed by atoms with van der Waals surface area (Å²) in [5.74, 6) is 2.54. The zero-order valence-electron chi connectivity index (χ0n) is 19.2. The van der Waals surface area contributed by atoms with E-state index in [9.17, 15) is 4.79 Å². The molecule has 4 rings (SSSR count). The molecule has 0 spiro atoms. The van der Waals surface area contributed by atoms with Gasteiger partial charge in [0.1, 0.15) is 11.5 Å². The fraction of sp³-hybridized carbons (Fsp3) is 0.320. The highest BCUT2D eigenvalue weighted by Crippen LogP contribution is 2.25. The fourth-order valence-corrected chi connectivity index (χ4v) is 3.69. The van der Waals surface area contributed by atoms with E-state index in [1.807, 2.05) is 54.3 Å². The molecule has 3 aromatic rings. The molecule has 0 saturated carbocycles. The number of amides is 1. The van der Waals surface area contributed by atoms with Gasteiger partial charge in [0.05, 0.1) is 20.8 Å². The first-order valence-corrected chi connectivity index (χ1v) is 10.9. The van der Waals surface area contributed by atoms with E-state index >= 15 is 0 Å². The van der Waals surface area contributed by atoms with Crippen molar-refractivity contribution in [1.29, 1.82) is 0 Å². The molecule has 0 unspecified atom stereocenters. The summed E-state index contributed by atoms with van der Waals surface area (Å²) in [6.45, 7) is 5.36. The summed E-state index contributed by atoms with van der Waals surface area (Å²) in [5, 5.41) is 4.10. The van der Waals surface area contributed by atoms with Crippen LogP contribution in [0.3, 0.4) is 0 Å². The fourth-order valence-electron chi connectivity index (χ4n) is 3.69. The first-order valence-electron chi connectivity index (χ1n) is 10.9. The zero-order chi connectivity index (χ0) is 23.2. The molecule has 2 aromatic carbocycles. The smallest absolute Gasteiger partial charge is 0.246 e. The van der Waals surface area contributed by atoms with E-state index in [2.05, 4.69) is 15.0 Å². The summed E-state index contributed by atoms with van der Waals surface area (Å²) >= 11 is 0. The third kappa shape index (κ3) is 5.59. The Labute approximate surface area is 193 Å². The van der Waals surface area contributed by atoms with Gasteiger partial charge in [-0.15, -0.1) is 0 Å². The van der Waals surface area contributed by atoms with Gasteiger partial charge >= 0.3 is 0 Å². The van der Waals surface area contributed by atoms with Gasteiger partial charge in [0, 0.05) is 43.4 Å². The molecule has 0 radical (unpaired) electrons. The standard InChI is InChI=1S/C25H28N4O4/c1-18-4-6-19(7-5-18)25-26-23(33-27-25)17-28-12-14-29(15-13-28)24(30)11-8-20-16-21(31-2)9-10-22(20)32-3/h4-11,16H,12-15,17H2,1-3H3/b11-8+. The number of ether oxygens (including phenoxy) is 2. The molecule has 1 fully saturated rings. The molecule has 172 valence electrons. The van der Waals surface area contributed by atoms with Crippen molar-refractivity contribution in [2.45, 2.75) is 13.5 Å². The van der Waals surface area contributed by atoms with Crippen LogP contribution in [-0.2, 0) is 11.3 Å². The Morgan fingerprint density at radius 2 is 1.82 bits per heavy atom. The van der Waals surface area contributed by atoms with Crippen molar-refractivity contribution < 1.29 is 18.8 Å². The lowest BCUT2D eigenvalue weighted by atomic mass is 10.1. The number of methoxy groups -OCH3 is 2. The van der Waals surface area contributed by atoms with Crippen LogP contribution in [0.4, 0.5) is 0 Å². The lowest BCUT2D eigenvalue weighted by Gasteiger charge is -2.33. The van der Waals surface area contributed by atoms with Crippen LogP contribution in [0.2, 0.25) is 0 Å². The van der Waals surface area contributed by atoms with Crippen LogP contribution in [-0.4, -0.2) is 66.2 Å². The molecular weight excluding hydrogens is 420 g/mol. The third-order valence-electron chi connectivity index (χ3n) is 5.66. The van der Waals surface area contributed by atoms with Gasteiger partial charge in [-0.05, 0) is 31.2 Å². The number of aryl methyl sites for hydroxylation is 1. The monoisotopic (exact) mass is 448 g/mol. The Kier molecular flexibility index (Phi) is 7.04. The minimum Gasteiger partial charge on any atom is -0.497 e. The molecule has 0 bridgehead atoms. The van der Waals surface area contributed by atoms with Crippen LogP contribution in [0.15, 0.2) is 53.1 Å². The lowest BCUT2D eigenvalue weighted by molar-refractivity contribution is -0.127. The number of rotatable bonds is 7. The second-order valence-electron chi connectivity index (χ2n) is 7.92. The minimum atomic E-state index is -0.0287. The first kappa shape index (κ1) is 22.5. The number of benzene rings is 2. The molecule has 33 heavy (non-hydrogen) atoms. The highest BCUT2D eigenvalue weighted by molar-refractivity contribution is 5.92. The van der Waals surface area contributed by atoms with Crippen LogP contribution < -0.4 is 9.47 Å². The van der Waals surface area contributed by atoms with E-state index < -0.39 is 0 Å². The number of carbonyl (C=O) groups excluding carboxylic acids is 1. The minimum absolute atomic E-state index is 0.0287. The summed E-state index contributed by atoms with van der Waals surface area (Å²) in [6.07, 6.45) is 3.35. The van der Waals surface area contributed by atoms with Crippen LogP contribution in [0, 0.1) is 6.92 Å². The summed E-state index contributed by atoms with van der Waals surface area (Å²) < 4.78 is 16.1. The van der Waals surface area contributed by atoms with Gasteiger partial charge in [-0.1, -0.05) is 35.0 Å². The predicted octanol–water partition coefficient (Wildman–Crippen LogP) is 3.42. The summed E-state index contributed by atoms with van der Waals surface area (Å²) in [6, 6.07) is 13.5. The normalized spacial score (nSPS) is 14.6. The topological polar surface area (TPSA) is 80.9 Å². The first-order chi connectivity index (χ1) is 16.1. The Morgan fingerprint density at radius 1 is 1.06 bits per heavy atom. The predicted molar refractivity (Wildman–Crippen MR) is 125 cm³/mol. The van der Waals surface area contributed by atoms with Crippen molar-refractivity contribution in [3.05, 3.63) is 65.6 Å². The summed E-state index contributed by atoms with van der Waals surface area (Å²) in [7, 11) is 3.21. The molecule has 2 heterocycles. The second-order valence-corrected chi connectivity index (χ2v) is 7.92. The molecule has 8 heteroatoms. The van der Waals surface area contributed by atoms with Crippen molar-refractivity contribution in [2.24, 2.45) is 0 Å². The number of nitrogens with zero attached hydrogens (tertiary/aromatic N) is 4. The second kappa shape index (κ2) is 10.3. The van der Waals surface area contributed by atoms with Gasteiger partial charge in [0.2, 0.25) is 17.6 Å². The Morgan fingerprint density at radius 3 is 2.52 bits per heavy atom. The molecule has 1 aromatic heterocycles. The van der Waals surface area contributed by atoms with Crippen LogP contribution in [0.1, 0.15) is 17.0 Å². The average Bonchev–Trinajstić information content (AvgIpc) is 3.31. The van der Waals surface area contributed by atoms with Crippen LogP contribution >= 0.6 is 0 Å². The van der Waals surface area contributed by atoms with Gasteiger partial charge < -0.3 is 18.9 Å². The number of hydrogen-bond acceptors (Lipinski definition) is 7. The summed E-state index contributed by atoms with van der Waals surface area (Å²) in [5.41, 5.74) is 2.92. The number of piperazine rings is 1. The molecule has 0 N–H and O–H groups in total.